The van der Waals surface area contributed by atoms with Crippen LogP contribution in [0.3, 0.4) is 0 Å². The summed E-state index contributed by atoms with van der Waals surface area (Å²) >= 11 is 0. The Hall–Kier alpha value is -2.13. The maximum atomic E-state index is 13.2. The van der Waals surface area contributed by atoms with E-state index < -0.39 is 15.6 Å². The maximum absolute atomic E-state index is 13.2. The quantitative estimate of drug-likeness (QED) is 0.431. The SMILES string of the molecule is COc1ccc2c3c1OC1C(C)(OC)C(CN(Cc4ccccc4)S(C)(=O)=O)CC4(C)C(C2)N(CC2CC2)CCC314. The average molecular weight is 581 g/mol. The number of piperidine rings is 1. The number of likely N-dealkylation sites (tertiary alicyclic amines) is 1. The predicted octanol–water partition coefficient (Wildman–Crippen LogP) is 4.63. The third kappa shape index (κ3) is 3.96. The zero-order valence-corrected chi connectivity index (χ0v) is 25.9. The highest BCUT2D eigenvalue weighted by molar-refractivity contribution is 7.88. The number of rotatable bonds is 9. The van der Waals surface area contributed by atoms with Crippen LogP contribution in [0.4, 0.5) is 0 Å². The monoisotopic (exact) mass is 580 g/mol. The van der Waals surface area contributed by atoms with Crippen molar-refractivity contribution in [2.45, 2.75) is 75.7 Å². The molecule has 1 spiro atoms. The normalized spacial score (nSPS) is 35.7. The van der Waals surface area contributed by atoms with Gasteiger partial charge in [-0.1, -0.05) is 43.3 Å². The minimum absolute atomic E-state index is 0.0562. The molecule has 6 unspecified atom stereocenters. The zero-order valence-electron chi connectivity index (χ0n) is 25.1. The van der Waals surface area contributed by atoms with Gasteiger partial charge in [0.15, 0.2) is 11.5 Å². The third-order valence-corrected chi connectivity index (χ3v) is 12.9. The van der Waals surface area contributed by atoms with Gasteiger partial charge < -0.3 is 14.2 Å². The van der Waals surface area contributed by atoms with Gasteiger partial charge in [0.25, 0.3) is 0 Å². The highest BCUT2D eigenvalue weighted by Crippen LogP contribution is 2.72. The number of benzene rings is 2. The second-order valence-electron chi connectivity index (χ2n) is 13.8. The molecule has 2 aromatic carbocycles. The summed E-state index contributed by atoms with van der Waals surface area (Å²) in [6, 6.07) is 14.6. The Bertz CT molecular complexity index is 1450. The van der Waals surface area contributed by atoms with E-state index in [0.29, 0.717) is 19.1 Å². The second kappa shape index (κ2) is 9.43. The minimum atomic E-state index is -3.47. The van der Waals surface area contributed by atoms with E-state index in [4.69, 9.17) is 14.2 Å². The Balaban J connectivity index is 1.35. The molecular weight excluding hydrogens is 536 g/mol. The van der Waals surface area contributed by atoms with Crippen LogP contribution in [0.15, 0.2) is 42.5 Å². The van der Waals surface area contributed by atoms with E-state index in [0.717, 1.165) is 55.3 Å². The smallest absolute Gasteiger partial charge is 0.211 e. The van der Waals surface area contributed by atoms with Gasteiger partial charge in [0.05, 0.1) is 13.4 Å². The molecule has 0 N–H and O–H groups in total. The summed E-state index contributed by atoms with van der Waals surface area (Å²) in [5.41, 5.74) is 2.68. The third-order valence-electron chi connectivity index (χ3n) is 11.7. The maximum Gasteiger partial charge on any atom is 0.211 e. The van der Waals surface area contributed by atoms with Crippen LogP contribution in [-0.4, -0.2) is 75.5 Å². The van der Waals surface area contributed by atoms with Crippen molar-refractivity contribution in [3.05, 3.63) is 59.2 Å². The first-order valence-electron chi connectivity index (χ1n) is 15.2. The molecule has 8 heteroatoms. The van der Waals surface area contributed by atoms with Crippen molar-refractivity contribution in [1.29, 1.82) is 0 Å². The molecule has 2 bridgehead atoms. The molecule has 0 aromatic heterocycles. The van der Waals surface area contributed by atoms with Gasteiger partial charge in [0.2, 0.25) is 10.0 Å². The van der Waals surface area contributed by atoms with Gasteiger partial charge in [-0.3, -0.25) is 4.90 Å². The highest BCUT2D eigenvalue weighted by Gasteiger charge is 2.75. The number of nitrogens with zero attached hydrogens (tertiary/aromatic N) is 2. The number of hydrogen-bond donors (Lipinski definition) is 0. The molecule has 1 saturated heterocycles. The summed E-state index contributed by atoms with van der Waals surface area (Å²) in [6.45, 7) is 7.60. The van der Waals surface area contributed by atoms with Crippen LogP contribution in [0.2, 0.25) is 0 Å². The van der Waals surface area contributed by atoms with Crippen LogP contribution in [0.5, 0.6) is 11.5 Å². The largest absolute Gasteiger partial charge is 0.493 e. The van der Waals surface area contributed by atoms with Crippen LogP contribution in [0, 0.1) is 17.3 Å². The minimum Gasteiger partial charge on any atom is -0.493 e. The van der Waals surface area contributed by atoms with Crippen LogP contribution in [-0.2, 0) is 33.1 Å². The Morgan fingerprint density at radius 2 is 1.85 bits per heavy atom. The van der Waals surface area contributed by atoms with Gasteiger partial charge in [-0.25, -0.2) is 8.42 Å². The number of hydrogen-bond acceptors (Lipinski definition) is 6. The molecule has 2 saturated carbocycles. The van der Waals surface area contributed by atoms with Crippen molar-refractivity contribution in [1.82, 2.24) is 9.21 Å². The average Bonchev–Trinajstić information content (AvgIpc) is 3.69. The molecular formula is C33H44N2O5S. The lowest BCUT2D eigenvalue weighted by atomic mass is 9.40. The van der Waals surface area contributed by atoms with Crippen LogP contribution in [0.25, 0.3) is 0 Å². The topological polar surface area (TPSA) is 68.3 Å². The highest BCUT2D eigenvalue weighted by atomic mass is 32.2. The first-order valence-corrected chi connectivity index (χ1v) is 17.0. The Labute approximate surface area is 245 Å². The summed E-state index contributed by atoms with van der Waals surface area (Å²) in [5, 5.41) is 0. The fourth-order valence-electron chi connectivity index (χ4n) is 9.33. The fraction of sp³-hybridized carbons (Fsp3) is 0.636. The second-order valence-corrected chi connectivity index (χ2v) is 15.7. The van der Waals surface area contributed by atoms with Crippen LogP contribution in [0.1, 0.15) is 56.2 Å². The molecule has 7 nitrogen and oxygen atoms in total. The molecule has 3 aliphatic carbocycles. The predicted molar refractivity (Wildman–Crippen MR) is 159 cm³/mol. The number of ether oxygens (including phenoxy) is 3. The van der Waals surface area contributed by atoms with Gasteiger partial charge in [-0.15, -0.1) is 0 Å². The fourth-order valence-corrected chi connectivity index (χ4v) is 10.2. The van der Waals surface area contributed by atoms with E-state index in [2.05, 4.69) is 30.9 Å². The summed E-state index contributed by atoms with van der Waals surface area (Å²) < 4.78 is 47.6. The molecule has 6 atom stereocenters. The summed E-state index contributed by atoms with van der Waals surface area (Å²) in [4.78, 5) is 2.77. The summed E-state index contributed by atoms with van der Waals surface area (Å²) in [7, 11) is 0.0260. The summed E-state index contributed by atoms with van der Waals surface area (Å²) in [6.07, 6.45) is 6.64. The van der Waals surface area contributed by atoms with Crippen molar-refractivity contribution >= 4 is 10.0 Å². The van der Waals surface area contributed by atoms with Crippen LogP contribution >= 0.6 is 0 Å². The lowest BCUT2D eigenvalue weighted by molar-refractivity contribution is -0.226. The van der Waals surface area contributed by atoms with Crippen molar-refractivity contribution in [2.24, 2.45) is 17.3 Å². The first-order chi connectivity index (χ1) is 19.5. The van der Waals surface area contributed by atoms with Crippen molar-refractivity contribution in [3.8, 4) is 11.5 Å². The Morgan fingerprint density at radius 3 is 2.51 bits per heavy atom. The van der Waals surface area contributed by atoms with Crippen molar-refractivity contribution in [2.75, 3.05) is 40.1 Å². The molecule has 7 rings (SSSR count). The number of methoxy groups -OCH3 is 2. The van der Waals surface area contributed by atoms with Gasteiger partial charge in [-0.2, -0.15) is 4.31 Å². The van der Waals surface area contributed by atoms with Crippen molar-refractivity contribution in [3.63, 3.8) is 0 Å². The standard InChI is InChI=1S/C33H44N2O5S/c1-31-18-25(21-35(41(5,36)37)20-22-9-7-6-8-10-22)32(2,39-4)30-33(31)15-16-34(19-23-11-12-23)27(31)17-24-13-14-26(38-3)29(40-30)28(24)33/h6-10,13-14,23,25,27,30H,11-12,15-21H2,1-5H3. The van der Waals surface area contributed by atoms with Gasteiger partial charge >= 0.3 is 0 Å². The molecule has 222 valence electrons. The lowest BCUT2D eigenvalue weighted by Crippen LogP contribution is -2.77. The first kappa shape index (κ1) is 27.7. The molecule has 0 amide bonds. The molecule has 3 fully saturated rings. The zero-order chi connectivity index (χ0) is 28.8. The molecule has 0 radical (unpaired) electrons. The molecule has 41 heavy (non-hydrogen) atoms. The number of sulfonamides is 1. The van der Waals surface area contributed by atoms with E-state index in [1.165, 1.54) is 30.2 Å². The van der Waals surface area contributed by atoms with E-state index in [9.17, 15) is 8.42 Å². The molecule has 2 aromatic rings. The summed E-state index contributed by atoms with van der Waals surface area (Å²) in [5.74, 6) is 2.42. The van der Waals surface area contributed by atoms with E-state index in [-0.39, 0.29) is 22.9 Å². The van der Waals surface area contributed by atoms with Gasteiger partial charge in [0.1, 0.15) is 11.7 Å². The molecule has 2 aliphatic heterocycles. The van der Waals surface area contributed by atoms with E-state index in [1.807, 2.05) is 30.3 Å². The lowest BCUT2D eigenvalue weighted by Gasteiger charge is -2.69. The molecule has 5 aliphatic rings. The van der Waals surface area contributed by atoms with Gasteiger partial charge in [0, 0.05) is 49.7 Å². The Kier molecular flexibility index (Phi) is 6.37. The van der Waals surface area contributed by atoms with Gasteiger partial charge in [-0.05, 0) is 74.1 Å². The molecule has 2 heterocycles. The van der Waals surface area contributed by atoms with Crippen LogP contribution < -0.4 is 9.47 Å². The Morgan fingerprint density at radius 1 is 1.10 bits per heavy atom. The van der Waals surface area contributed by atoms with E-state index >= 15 is 0 Å². The van der Waals surface area contributed by atoms with Crippen molar-refractivity contribution < 1.29 is 22.6 Å². The van der Waals surface area contributed by atoms with E-state index in [1.54, 1.807) is 18.5 Å².